The zero-order valence-electron chi connectivity index (χ0n) is 15.3. The van der Waals surface area contributed by atoms with Gasteiger partial charge >= 0.3 is 0 Å². The Bertz CT molecular complexity index is 1000. The molecule has 0 fully saturated rings. The van der Waals surface area contributed by atoms with Crippen LogP contribution in [0.1, 0.15) is 5.56 Å². The lowest BCUT2D eigenvalue weighted by molar-refractivity contribution is 0.557. The van der Waals surface area contributed by atoms with Gasteiger partial charge in [-0.1, -0.05) is 79.0 Å². The van der Waals surface area contributed by atoms with Gasteiger partial charge in [-0.15, -0.1) is 0 Å². The lowest BCUT2D eigenvalue weighted by Crippen LogP contribution is -2.43. The first-order chi connectivity index (χ1) is 13.8. The Morgan fingerprint density at radius 2 is 1.32 bits per heavy atom. The van der Waals surface area contributed by atoms with Crippen molar-refractivity contribution in [3.8, 4) is 0 Å². The molecular weight excluding hydrogens is 362 g/mol. The molecule has 1 aromatic rings. The van der Waals surface area contributed by atoms with Crippen molar-refractivity contribution in [3.05, 3.63) is 102 Å². The molecule has 138 valence electrons. The average molecular weight is 384 g/mol. The van der Waals surface area contributed by atoms with E-state index in [0.29, 0.717) is 23.9 Å². The monoisotopic (exact) mass is 383 g/mol. The standard InChI is InChI=1S/C24H21N3S/c28-23-24(17-9-3-6-12-22(17)27-23,18-13-25-20-10-4-1-7-15(18)20)19-14-26-21-11-5-2-8-16(19)21/h1-16,20-21,25-26H,(H,27,28). The molecule has 4 atom stereocenters. The summed E-state index contributed by atoms with van der Waals surface area (Å²) in [5, 5.41) is 10.7. The van der Waals surface area contributed by atoms with Crippen LogP contribution in [0.25, 0.3) is 0 Å². The highest BCUT2D eigenvalue weighted by atomic mass is 32.1. The molecule has 5 aliphatic rings. The lowest BCUT2D eigenvalue weighted by Gasteiger charge is -2.38. The molecule has 0 radical (unpaired) electrons. The molecular formula is C24H21N3S. The summed E-state index contributed by atoms with van der Waals surface area (Å²) >= 11 is 6.09. The van der Waals surface area contributed by atoms with Crippen LogP contribution in [0.5, 0.6) is 0 Å². The van der Waals surface area contributed by atoms with Gasteiger partial charge in [-0.3, -0.25) is 0 Å². The SMILES string of the molecule is S=C1Nc2ccccc2C1(C1=CNC2C=CC=CC12)C1=CNC2C=CC=CC12. The van der Waals surface area contributed by atoms with Crippen molar-refractivity contribution >= 4 is 22.9 Å². The number of anilines is 1. The van der Waals surface area contributed by atoms with E-state index in [4.69, 9.17) is 12.2 Å². The minimum Gasteiger partial charge on any atom is -0.384 e. The number of hydrogen-bond donors (Lipinski definition) is 3. The fourth-order valence-electron chi connectivity index (χ4n) is 5.41. The predicted octanol–water partition coefficient (Wildman–Crippen LogP) is 3.87. The topological polar surface area (TPSA) is 36.1 Å². The number of thiocarbonyl (C=S) groups is 1. The number of fused-ring (bicyclic) bond motifs is 3. The molecule has 4 unspecified atom stereocenters. The molecule has 0 bridgehead atoms. The smallest absolute Gasteiger partial charge is 0.0990 e. The minimum absolute atomic E-state index is 0.291. The van der Waals surface area contributed by atoms with Crippen LogP contribution in [0.4, 0.5) is 5.69 Å². The maximum atomic E-state index is 6.09. The van der Waals surface area contributed by atoms with Crippen molar-refractivity contribution in [3.63, 3.8) is 0 Å². The van der Waals surface area contributed by atoms with Crippen molar-refractivity contribution in [1.29, 1.82) is 0 Å². The van der Waals surface area contributed by atoms with Crippen LogP contribution in [0.15, 0.2) is 96.4 Å². The summed E-state index contributed by atoms with van der Waals surface area (Å²) in [4.78, 5) is 0.877. The molecule has 28 heavy (non-hydrogen) atoms. The van der Waals surface area contributed by atoms with Gasteiger partial charge in [-0.05, 0) is 35.2 Å². The zero-order chi connectivity index (χ0) is 18.7. The Hall–Kier alpha value is -2.85. The van der Waals surface area contributed by atoms with Gasteiger partial charge in [-0.25, -0.2) is 0 Å². The molecule has 0 aromatic heterocycles. The molecule has 4 heteroatoms. The Morgan fingerprint density at radius 3 is 1.96 bits per heavy atom. The highest BCUT2D eigenvalue weighted by Gasteiger charge is 2.56. The number of allylic oxidation sites excluding steroid dienone is 4. The van der Waals surface area contributed by atoms with Crippen LogP contribution in [-0.4, -0.2) is 17.1 Å². The summed E-state index contributed by atoms with van der Waals surface area (Å²) < 4.78 is 0. The summed E-state index contributed by atoms with van der Waals surface area (Å²) in [5.74, 6) is 0.581. The molecule has 6 rings (SSSR count). The van der Waals surface area contributed by atoms with Gasteiger partial charge < -0.3 is 16.0 Å². The van der Waals surface area contributed by atoms with E-state index in [1.54, 1.807) is 0 Å². The van der Waals surface area contributed by atoms with E-state index in [-0.39, 0.29) is 0 Å². The third-order valence-electron chi connectivity index (χ3n) is 6.64. The van der Waals surface area contributed by atoms with Gasteiger partial charge in [0.25, 0.3) is 0 Å². The summed E-state index contributed by atoms with van der Waals surface area (Å²) in [7, 11) is 0. The number of nitrogens with one attached hydrogen (secondary N) is 3. The third kappa shape index (κ3) is 1.96. The molecule has 0 spiro atoms. The van der Waals surface area contributed by atoms with Crippen molar-refractivity contribution < 1.29 is 0 Å². The molecule has 2 aliphatic carbocycles. The van der Waals surface area contributed by atoms with Crippen LogP contribution in [0, 0.1) is 11.8 Å². The Balaban J connectivity index is 1.58. The summed E-state index contributed by atoms with van der Waals surface area (Å²) in [6, 6.07) is 9.15. The summed E-state index contributed by atoms with van der Waals surface area (Å²) in [6.45, 7) is 0. The van der Waals surface area contributed by atoms with Crippen molar-refractivity contribution in [2.45, 2.75) is 17.5 Å². The average Bonchev–Trinajstić information content (AvgIpc) is 3.42. The minimum atomic E-state index is -0.435. The molecule has 3 N–H and O–H groups in total. The molecule has 1 aromatic carbocycles. The largest absolute Gasteiger partial charge is 0.384 e. The fourth-order valence-corrected chi connectivity index (χ4v) is 5.86. The lowest BCUT2D eigenvalue weighted by atomic mass is 9.62. The van der Waals surface area contributed by atoms with E-state index in [2.05, 4.69) is 101 Å². The second-order valence-electron chi connectivity index (χ2n) is 7.93. The van der Waals surface area contributed by atoms with Gasteiger partial charge in [0.15, 0.2) is 0 Å². The molecule has 3 nitrogen and oxygen atoms in total. The molecule has 3 aliphatic heterocycles. The maximum absolute atomic E-state index is 6.09. The van der Waals surface area contributed by atoms with Crippen molar-refractivity contribution in [2.75, 3.05) is 5.32 Å². The zero-order valence-corrected chi connectivity index (χ0v) is 16.1. The number of hydrogen-bond acceptors (Lipinski definition) is 3. The molecule has 0 saturated heterocycles. The number of benzene rings is 1. The summed E-state index contributed by atoms with van der Waals surface area (Å²) in [5.41, 5.74) is 4.60. The molecule has 3 heterocycles. The van der Waals surface area contributed by atoms with Crippen LogP contribution in [0.3, 0.4) is 0 Å². The number of para-hydroxylation sites is 1. The van der Waals surface area contributed by atoms with Gasteiger partial charge in [0.05, 0.1) is 22.5 Å². The van der Waals surface area contributed by atoms with E-state index in [9.17, 15) is 0 Å². The van der Waals surface area contributed by atoms with Crippen molar-refractivity contribution in [2.24, 2.45) is 11.8 Å². The molecule has 0 amide bonds. The fraction of sp³-hybridized carbons (Fsp3) is 0.208. The quantitative estimate of drug-likeness (QED) is 0.678. The summed E-state index contributed by atoms with van der Waals surface area (Å²) in [6.07, 6.45) is 22.1. The number of rotatable bonds is 2. The Kier molecular flexibility index (Phi) is 3.36. The third-order valence-corrected chi connectivity index (χ3v) is 7.04. The highest BCUT2D eigenvalue weighted by Crippen LogP contribution is 2.56. The normalized spacial score (nSPS) is 36.1. The predicted molar refractivity (Wildman–Crippen MR) is 118 cm³/mol. The second-order valence-corrected chi connectivity index (χ2v) is 8.33. The first kappa shape index (κ1) is 16.1. The van der Waals surface area contributed by atoms with Gasteiger partial charge in [-0.2, -0.15) is 0 Å². The second kappa shape index (κ2) is 5.82. The van der Waals surface area contributed by atoms with E-state index < -0.39 is 5.41 Å². The first-order valence-electron chi connectivity index (χ1n) is 9.84. The van der Waals surface area contributed by atoms with Gasteiger partial charge in [0.2, 0.25) is 0 Å². The van der Waals surface area contributed by atoms with Crippen LogP contribution in [0.2, 0.25) is 0 Å². The van der Waals surface area contributed by atoms with Gasteiger partial charge in [0.1, 0.15) is 0 Å². The highest BCUT2D eigenvalue weighted by molar-refractivity contribution is 7.80. The van der Waals surface area contributed by atoms with Gasteiger partial charge in [0, 0.05) is 17.5 Å². The molecule has 0 saturated carbocycles. The van der Waals surface area contributed by atoms with E-state index >= 15 is 0 Å². The van der Waals surface area contributed by atoms with E-state index in [0.717, 1.165) is 10.7 Å². The maximum Gasteiger partial charge on any atom is 0.0990 e. The van der Waals surface area contributed by atoms with Crippen LogP contribution >= 0.6 is 12.2 Å². The van der Waals surface area contributed by atoms with Crippen LogP contribution in [-0.2, 0) is 5.41 Å². The Morgan fingerprint density at radius 1 is 0.750 bits per heavy atom. The van der Waals surface area contributed by atoms with Crippen molar-refractivity contribution in [1.82, 2.24) is 10.6 Å². The Labute approximate surface area is 170 Å². The van der Waals surface area contributed by atoms with Crippen LogP contribution < -0.4 is 16.0 Å². The van der Waals surface area contributed by atoms with E-state index in [1.807, 2.05) is 0 Å². The first-order valence-corrected chi connectivity index (χ1v) is 10.2. The van der Waals surface area contributed by atoms with E-state index in [1.165, 1.54) is 16.7 Å².